The molecule has 1 aromatic carbocycles. The minimum Gasteiger partial charge on any atom is -0.478 e. The molecule has 6 nitrogen and oxygen atoms in total. The lowest BCUT2D eigenvalue weighted by Crippen LogP contribution is -2.58. The summed E-state index contributed by atoms with van der Waals surface area (Å²) in [5, 5.41) is 10.6. The van der Waals surface area contributed by atoms with Gasteiger partial charge in [-0.2, -0.15) is 0 Å². The van der Waals surface area contributed by atoms with E-state index >= 15 is 0 Å². The SMILES string of the molecule is CCSC1=C(C(=O)O)C(C)=CC(N2CCOC[C@@H]2COC)N1Cc1cccc(F)c1. The molecule has 0 amide bonds. The van der Waals surface area contributed by atoms with Crippen molar-refractivity contribution >= 4 is 17.7 Å². The molecule has 0 spiro atoms. The summed E-state index contributed by atoms with van der Waals surface area (Å²) in [5.74, 6) is -0.516. The molecule has 1 aromatic rings. The second kappa shape index (κ2) is 10.4. The lowest BCUT2D eigenvalue weighted by Gasteiger charge is -2.47. The van der Waals surface area contributed by atoms with Crippen LogP contribution in [0.4, 0.5) is 4.39 Å². The van der Waals surface area contributed by atoms with E-state index in [0.717, 1.165) is 16.9 Å². The number of rotatable bonds is 8. The molecule has 1 N–H and O–H groups in total. The van der Waals surface area contributed by atoms with Crippen molar-refractivity contribution in [2.75, 3.05) is 39.2 Å². The van der Waals surface area contributed by atoms with Crippen LogP contribution in [0.5, 0.6) is 0 Å². The highest BCUT2D eigenvalue weighted by atomic mass is 32.2. The second-order valence-corrected chi connectivity index (χ2v) is 8.61. The highest BCUT2D eigenvalue weighted by molar-refractivity contribution is 8.03. The fraction of sp³-hybridized carbons (Fsp3) is 0.500. The van der Waals surface area contributed by atoms with Gasteiger partial charge in [0.15, 0.2) is 0 Å². The van der Waals surface area contributed by atoms with Crippen molar-refractivity contribution in [1.29, 1.82) is 0 Å². The first kappa shape index (κ1) is 22.8. The summed E-state index contributed by atoms with van der Waals surface area (Å²) in [6.45, 7) is 6.63. The molecule has 2 heterocycles. The van der Waals surface area contributed by atoms with Gasteiger partial charge in [0.1, 0.15) is 12.0 Å². The van der Waals surface area contributed by atoms with Crippen LogP contribution < -0.4 is 0 Å². The average molecular weight is 437 g/mol. The zero-order valence-corrected chi connectivity index (χ0v) is 18.5. The highest BCUT2D eigenvalue weighted by Gasteiger charge is 2.38. The van der Waals surface area contributed by atoms with Crippen LogP contribution in [0.15, 0.2) is 46.5 Å². The Morgan fingerprint density at radius 1 is 1.43 bits per heavy atom. The Kier molecular flexibility index (Phi) is 7.93. The third-order valence-corrected chi connectivity index (χ3v) is 6.30. The van der Waals surface area contributed by atoms with E-state index in [1.807, 2.05) is 26.0 Å². The number of morpholine rings is 1. The van der Waals surface area contributed by atoms with E-state index in [4.69, 9.17) is 9.47 Å². The van der Waals surface area contributed by atoms with Gasteiger partial charge in [-0.3, -0.25) is 4.90 Å². The van der Waals surface area contributed by atoms with Crippen LogP contribution >= 0.6 is 11.8 Å². The molecule has 2 aliphatic rings. The maximum absolute atomic E-state index is 13.9. The summed E-state index contributed by atoms with van der Waals surface area (Å²) in [7, 11) is 1.67. The first-order chi connectivity index (χ1) is 14.5. The van der Waals surface area contributed by atoms with Crippen molar-refractivity contribution in [3.63, 3.8) is 0 Å². The molecule has 30 heavy (non-hydrogen) atoms. The third kappa shape index (κ3) is 5.06. The number of benzene rings is 1. The number of methoxy groups -OCH3 is 1. The van der Waals surface area contributed by atoms with Gasteiger partial charge in [0, 0.05) is 20.2 Å². The van der Waals surface area contributed by atoms with Crippen LogP contribution in [0.2, 0.25) is 0 Å². The van der Waals surface area contributed by atoms with E-state index in [-0.39, 0.29) is 18.0 Å². The molecule has 0 bridgehead atoms. The van der Waals surface area contributed by atoms with Crippen molar-refractivity contribution in [2.24, 2.45) is 0 Å². The van der Waals surface area contributed by atoms with Crippen LogP contribution in [0.3, 0.4) is 0 Å². The van der Waals surface area contributed by atoms with Gasteiger partial charge in [0.05, 0.1) is 36.5 Å². The molecular weight excluding hydrogens is 407 g/mol. The summed E-state index contributed by atoms with van der Waals surface area (Å²) in [6, 6.07) is 6.51. The molecule has 0 radical (unpaired) electrons. The van der Waals surface area contributed by atoms with Crippen LogP contribution in [-0.4, -0.2) is 72.3 Å². The number of carbonyl (C=O) groups is 1. The normalized spacial score (nSPS) is 22.9. The average Bonchev–Trinajstić information content (AvgIpc) is 2.70. The van der Waals surface area contributed by atoms with Crippen molar-refractivity contribution in [3.05, 3.63) is 57.9 Å². The molecule has 1 unspecified atom stereocenters. The minimum absolute atomic E-state index is 0.0482. The Bertz CT molecular complexity index is 827. The smallest absolute Gasteiger partial charge is 0.338 e. The Hall–Kier alpha value is -1.87. The summed E-state index contributed by atoms with van der Waals surface area (Å²) < 4.78 is 24.9. The number of hydrogen-bond donors (Lipinski definition) is 1. The summed E-state index contributed by atoms with van der Waals surface area (Å²) >= 11 is 1.51. The molecule has 164 valence electrons. The number of carboxylic acids is 1. The maximum Gasteiger partial charge on any atom is 0.338 e. The lowest BCUT2D eigenvalue weighted by atomic mass is 10.0. The zero-order valence-electron chi connectivity index (χ0n) is 17.6. The quantitative estimate of drug-likeness (QED) is 0.671. The number of carboxylic acid groups (broad SMARTS) is 1. The largest absolute Gasteiger partial charge is 0.478 e. The van der Waals surface area contributed by atoms with Gasteiger partial charge in [-0.15, -0.1) is 11.8 Å². The van der Waals surface area contributed by atoms with Crippen LogP contribution in [-0.2, 0) is 20.8 Å². The third-order valence-electron chi connectivity index (χ3n) is 5.30. The van der Waals surface area contributed by atoms with Crippen LogP contribution in [0.25, 0.3) is 0 Å². The molecule has 8 heteroatoms. The molecular formula is C22H29FN2O4S. The molecule has 0 aliphatic carbocycles. The molecule has 1 fully saturated rings. The van der Waals surface area contributed by atoms with Crippen LogP contribution in [0, 0.1) is 5.82 Å². The molecule has 0 aromatic heterocycles. The van der Waals surface area contributed by atoms with Gasteiger partial charge in [0.25, 0.3) is 0 Å². The number of ether oxygens (including phenoxy) is 2. The zero-order chi connectivity index (χ0) is 21.7. The number of nitrogens with zero attached hydrogens (tertiary/aromatic N) is 2. The highest BCUT2D eigenvalue weighted by Crippen LogP contribution is 2.37. The van der Waals surface area contributed by atoms with Gasteiger partial charge >= 0.3 is 5.97 Å². The summed E-state index contributed by atoms with van der Waals surface area (Å²) in [4.78, 5) is 16.5. The molecule has 2 aliphatic heterocycles. The van der Waals surface area contributed by atoms with E-state index in [1.54, 1.807) is 13.2 Å². The molecule has 1 saturated heterocycles. The first-order valence-corrected chi connectivity index (χ1v) is 11.1. The van der Waals surface area contributed by atoms with Gasteiger partial charge in [-0.25, -0.2) is 9.18 Å². The standard InChI is InChI=1S/C22H29FN2O4S/c1-4-30-21-20(22(26)27)15(2)10-19(24-8-9-29-14-18(24)13-28-3)25(21)12-16-6-5-7-17(23)11-16/h5-7,10-11,18-19H,4,8-9,12-14H2,1-3H3,(H,26,27)/t18-,19?/m0/s1. The first-order valence-electron chi connectivity index (χ1n) is 10.1. The van der Waals surface area contributed by atoms with Gasteiger partial charge in [-0.1, -0.05) is 19.1 Å². The van der Waals surface area contributed by atoms with E-state index in [9.17, 15) is 14.3 Å². The van der Waals surface area contributed by atoms with E-state index in [2.05, 4.69) is 9.80 Å². The monoisotopic (exact) mass is 436 g/mol. The van der Waals surface area contributed by atoms with Crippen molar-refractivity contribution in [1.82, 2.24) is 9.80 Å². The summed E-state index contributed by atoms with van der Waals surface area (Å²) in [5.41, 5.74) is 1.84. The van der Waals surface area contributed by atoms with Crippen molar-refractivity contribution in [2.45, 2.75) is 32.6 Å². The topological polar surface area (TPSA) is 62.2 Å². The fourth-order valence-corrected chi connectivity index (χ4v) is 5.01. The molecule has 0 saturated carbocycles. The molecule has 2 atom stereocenters. The minimum atomic E-state index is -0.946. The van der Waals surface area contributed by atoms with Gasteiger partial charge in [0.2, 0.25) is 0 Å². The van der Waals surface area contributed by atoms with E-state index in [1.165, 1.54) is 23.9 Å². The Labute approximate surface area is 181 Å². The predicted octanol–water partition coefficient (Wildman–Crippen LogP) is 3.31. The maximum atomic E-state index is 13.9. The van der Waals surface area contributed by atoms with Crippen molar-refractivity contribution < 1.29 is 23.8 Å². The Morgan fingerprint density at radius 3 is 2.90 bits per heavy atom. The predicted molar refractivity (Wildman–Crippen MR) is 115 cm³/mol. The van der Waals surface area contributed by atoms with E-state index in [0.29, 0.717) is 43.5 Å². The molecule has 3 rings (SSSR count). The van der Waals surface area contributed by atoms with Gasteiger partial charge in [-0.05, 0) is 42.0 Å². The van der Waals surface area contributed by atoms with Crippen molar-refractivity contribution in [3.8, 4) is 0 Å². The van der Waals surface area contributed by atoms with Crippen LogP contribution in [0.1, 0.15) is 19.4 Å². The lowest BCUT2D eigenvalue weighted by molar-refractivity contribution is -0.132. The number of halogens is 1. The fourth-order valence-electron chi connectivity index (χ4n) is 4.01. The summed E-state index contributed by atoms with van der Waals surface area (Å²) in [6.07, 6.45) is 1.82. The number of hydrogen-bond acceptors (Lipinski definition) is 6. The van der Waals surface area contributed by atoms with E-state index < -0.39 is 5.97 Å². The Morgan fingerprint density at radius 2 is 2.23 bits per heavy atom. The number of thioether (sulfide) groups is 1. The Balaban J connectivity index is 2.05. The number of aliphatic carboxylic acids is 1. The van der Waals surface area contributed by atoms with Gasteiger partial charge < -0.3 is 19.5 Å². The second-order valence-electron chi connectivity index (χ2n) is 7.36.